The SMILES string of the molecule is OCCCC1(O)CC2CC1C1CCCC21. The number of fused-ring (bicyclic) bond motifs is 5. The summed E-state index contributed by atoms with van der Waals surface area (Å²) in [5.41, 5.74) is -0.404. The van der Waals surface area contributed by atoms with Crippen LogP contribution in [0.15, 0.2) is 0 Å². The zero-order valence-electron chi connectivity index (χ0n) is 9.36. The van der Waals surface area contributed by atoms with Gasteiger partial charge in [-0.25, -0.2) is 0 Å². The summed E-state index contributed by atoms with van der Waals surface area (Å²) in [6, 6.07) is 0. The van der Waals surface area contributed by atoms with Crippen molar-refractivity contribution in [3.8, 4) is 0 Å². The first-order valence-electron chi connectivity index (χ1n) is 6.58. The molecule has 0 saturated heterocycles. The van der Waals surface area contributed by atoms with E-state index in [-0.39, 0.29) is 6.61 Å². The quantitative estimate of drug-likeness (QED) is 0.747. The van der Waals surface area contributed by atoms with Crippen molar-refractivity contribution < 1.29 is 10.2 Å². The van der Waals surface area contributed by atoms with E-state index in [2.05, 4.69) is 0 Å². The van der Waals surface area contributed by atoms with Gasteiger partial charge >= 0.3 is 0 Å². The first-order chi connectivity index (χ1) is 7.24. The van der Waals surface area contributed by atoms with Crippen LogP contribution < -0.4 is 0 Å². The van der Waals surface area contributed by atoms with Crippen LogP contribution in [0, 0.1) is 23.7 Å². The summed E-state index contributed by atoms with van der Waals surface area (Å²) < 4.78 is 0. The molecule has 0 radical (unpaired) electrons. The van der Waals surface area contributed by atoms with E-state index in [0.717, 1.165) is 37.0 Å². The van der Waals surface area contributed by atoms with Crippen molar-refractivity contribution in [2.45, 2.75) is 50.5 Å². The molecule has 0 aromatic rings. The summed E-state index contributed by atoms with van der Waals surface area (Å²) >= 11 is 0. The van der Waals surface area contributed by atoms with Crippen LogP contribution in [0.3, 0.4) is 0 Å². The number of hydrogen-bond donors (Lipinski definition) is 2. The molecule has 2 N–H and O–H groups in total. The number of hydrogen-bond acceptors (Lipinski definition) is 2. The van der Waals surface area contributed by atoms with E-state index in [1.807, 2.05) is 0 Å². The van der Waals surface area contributed by atoms with Gasteiger partial charge in [-0.1, -0.05) is 6.42 Å². The Kier molecular flexibility index (Phi) is 2.33. The Balaban J connectivity index is 1.74. The van der Waals surface area contributed by atoms with E-state index < -0.39 is 5.60 Å². The Hall–Kier alpha value is -0.0800. The van der Waals surface area contributed by atoms with Gasteiger partial charge in [0.1, 0.15) is 0 Å². The second-order valence-corrected chi connectivity index (χ2v) is 6.00. The van der Waals surface area contributed by atoms with Crippen LogP contribution in [0.25, 0.3) is 0 Å². The van der Waals surface area contributed by atoms with Gasteiger partial charge < -0.3 is 10.2 Å². The van der Waals surface area contributed by atoms with Crippen molar-refractivity contribution >= 4 is 0 Å². The molecule has 5 unspecified atom stereocenters. The summed E-state index contributed by atoms with van der Waals surface area (Å²) in [5.74, 6) is 3.16. The Bertz CT molecular complexity index is 253. The Morgan fingerprint density at radius 2 is 2.00 bits per heavy atom. The van der Waals surface area contributed by atoms with Crippen molar-refractivity contribution in [2.75, 3.05) is 6.61 Å². The third-order valence-electron chi connectivity index (χ3n) is 5.38. The lowest BCUT2D eigenvalue weighted by molar-refractivity contribution is -0.0553. The standard InChI is InChI=1S/C13H22O2/c14-6-2-5-13(15)8-9-7-12(13)11-4-1-3-10(9)11/h9-12,14-15H,1-8H2. The molecule has 2 nitrogen and oxygen atoms in total. The highest BCUT2D eigenvalue weighted by Gasteiger charge is 2.59. The highest BCUT2D eigenvalue weighted by molar-refractivity contribution is 5.09. The van der Waals surface area contributed by atoms with E-state index in [0.29, 0.717) is 5.92 Å². The van der Waals surface area contributed by atoms with Crippen LogP contribution in [-0.2, 0) is 0 Å². The molecule has 86 valence electrons. The normalized spacial score (nSPS) is 52.4. The molecule has 0 amide bonds. The molecule has 0 aliphatic heterocycles. The highest BCUT2D eigenvalue weighted by Crippen LogP contribution is 2.63. The van der Waals surface area contributed by atoms with E-state index in [1.54, 1.807) is 0 Å². The van der Waals surface area contributed by atoms with Gasteiger partial charge in [-0.15, -0.1) is 0 Å². The third-order valence-corrected chi connectivity index (χ3v) is 5.38. The average Bonchev–Trinajstić information content (AvgIpc) is 2.84. The van der Waals surface area contributed by atoms with Gasteiger partial charge in [-0.05, 0) is 62.2 Å². The van der Waals surface area contributed by atoms with Crippen molar-refractivity contribution in [3.63, 3.8) is 0 Å². The molecule has 3 saturated carbocycles. The third kappa shape index (κ3) is 1.38. The lowest BCUT2D eigenvalue weighted by atomic mass is 9.71. The topological polar surface area (TPSA) is 40.5 Å². The lowest BCUT2D eigenvalue weighted by Gasteiger charge is -2.39. The Labute approximate surface area is 91.7 Å². The van der Waals surface area contributed by atoms with Crippen LogP contribution in [0.1, 0.15) is 44.9 Å². The molecule has 15 heavy (non-hydrogen) atoms. The Morgan fingerprint density at radius 3 is 2.80 bits per heavy atom. The number of aliphatic hydroxyl groups is 2. The summed E-state index contributed by atoms with van der Waals surface area (Å²) in [4.78, 5) is 0. The molecule has 0 heterocycles. The molecule has 2 bridgehead atoms. The molecular weight excluding hydrogens is 188 g/mol. The molecule has 5 atom stereocenters. The summed E-state index contributed by atoms with van der Waals surface area (Å²) in [6.07, 6.45) is 8.06. The Morgan fingerprint density at radius 1 is 1.20 bits per heavy atom. The highest BCUT2D eigenvalue weighted by atomic mass is 16.3. The maximum atomic E-state index is 10.6. The van der Waals surface area contributed by atoms with Crippen LogP contribution in [-0.4, -0.2) is 22.4 Å². The van der Waals surface area contributed by atoms with Crippen LogP contribution in [0.4, 0.5) is 0 Å². The predicted octanol–water partition coefficient (Wildman–Crippen LogP) is 1.95. The maximum absolute atomic E-state index is 10.6. The van der Waals surface area contributed by atoms with Gasteiger partial charge in [0.25, 0.3) is 0 Å². The molecule has 0 spiro atoms. The largest absolute Gasteiger partial charge is 0.396 e. The minimum absolute atomic E-state index is 0.230. The second-order valence-electron chi connectivity index (χ2n) is 6.00. The smallest absolute Gasteiger partial charge is 0.0682 e. The van der Waals surface area contributed by atoms with Gasteiger partial charge in [0, 0.05) is 6.61 Å². The fourth-order valence-corrected chi connectivity index (χ4v) is 4.91. The first kappa shape index (κ1) is 10.1. The second kappa shape index (κ2) is 3.46. The number of aliphatic hydroxyl groups excluding tert-OH is 1. The zero-order valence-corrected chi connectivity index (χ0v) is 9.36. The van der Waals surface area contributed by atoms with Crippen molar-refractivity contribution in [3.05, 3.63) is 0 Å². The van der Waals surface area contributed by atoms with Crippen LogP contribution in [0.5, 0.6) is 0 Å². The average molecular weight is 210 g/mol. The van der Waals surface area contributed by atoms with Gasteiger partial charge in [0.15, 0.2) is 0 Å². The van der Waals surface area contributed by atoms with E-state index in [1.165, 1.54) is 25.7 Å². The van der Waals surface area contributed by atoms with Gasteiger partial charge in [-0.2, -0.15) is 0 Å². The van der Waals surface area contributed by atoms with Crippen LogP contribution in [0.2, 0.25) is 0 Å². The fraction of sp³-hybridized carbons (Fsp3) is 1.00. The molecular formula is C13H22O2. The van der Waals surface area contributed by atoms with Gasteiger partial charge in [0.05, 0.1) is 5.60 Å². The van der Waals surface area contributed by atoms with Crippen molar-refractivity contribution in [1.82, 2.24) is 0 Å². The van der Waals surface area contributed by atoms with Gasteiger partial charge in [0.2, 0.25) is 0 Å². The minimum atomic E-state index is -0.404. The molecule has 0 aromatic heterocycles. The van der Waals surface area contributed by atoms with E-state index >= 15 is 0 Å². The number of rotatable bonds is 3. The summed E-state index contributed by atoms with van der Waals surface area (Å²) in [5, 5.41) is 19.5. The monoisotopic (exact) mass is 210 g/mol. The zero-order chi connectivity index (χ0) is 10.5. The molecule has 3 aliphatic rings. The summed E-state index contributed by atoms with van der Waals surface area (Å²) in [6.45, 7) is 0.230. The van der Waals surface area contributed by atoms with Crippen molar-refractivity contribution in [2.24, 2.45) is 23.7 Å². The molecule has 3 fully saturated rings. The summed E-state index contributed by atoms with van der Waals surface area (Å²) in [7, 11) is 0. The fourth-order valence-electron chi connectivity index (χ4n) is 4.91. The lowest BCUT2D eigenvalue weighted by Crippen LogP contribution is -2.41. The maximum Gasteiger partial charge on any atom is 0.0682 e. The minimum Gasteiger partial charge on any atom is -0.396 e. The van der Waals surface area contributed by atoms with Gasteiger partial charge in [-0.3, -0.25) is 0 Å². The molecule has 2 heteroatoms. The van der Waals surface area contributed by atoms with Crippen molar-refractivity contribution in [1.29, 1.82) is 0 Å². The van der Waals surface area contributed by atoms with Crippen LogP contribution >= 0.6 is 0 Å². The first-order valence-corrected chi connectivity index (χ1v) is 6.58. The molecule has 3 aliphatic carbocycles. The van der Waals surface area contributed by atoms with E-state index in [9.17, 15) is 5.11 Å². The molecule has 3 rings (SSSR count). The van der Waals surface area contributed by atoms with E-state index in [4.69, 9.17) is 5.11 Å². The predicted molar refractivity (Wildman–Crippen MR) is 58.3 cm³/mol. The molecule has 0 aromatic carbocycles.